The third-order valence-electron chi connectivity index (χ3n) is 2.69. The first-order chi connectivity index (χ1) is 7.75. The molecule has 1 aliphatic rings. The fourth-order valence-electron chi connectivity index (χ4n) is 1.87. The van der Waals surface area contributed by atoms with Gasteiger partial charge in [-0.25, -0.2) is 0 Å². The van der Waals surface area contributed by atoms with Crippen LogP contribution in [0.4, 0.5) is 0 Å². The first-order valence-electron chi connectivity index (χ1n) is 4.96. The molecule has 1 aliphatic carbocycles. The quantitative estimate of drug-likeness (QED) is 0.616. The lowest BCUT2D eigenvalue weighted by atomic mass is 9.96. The number of aromatic nitrogens is 1. The third-order valence-corrected chi connectivity index (χ3v) is 2.69. The monoisotopic (exact) mass is 210 g/mol. The Morgan fingerprint density at radius 2 is 1.69 bits per heavy atom. The van der Waals surface area contributed by atoms with Gasteiger partial charge in [0.25, 0.3) is 0 Å². The van der Waals surface area contributed by atoms with Crippen LogP contribution < -0.4 is 4.40 Å². The lowest BCUT2D eigenvalue weighted by Crippen LogP contribution is -2.25. The molecule has 0 N–H and O–H groups in total. The SMILES string of the molecule is O=C1C=CC(=O)c2c[n+]3ccccc3cc21. The maximum atomic E-state index is 11.6. The van der Waals surface area contributed by atoms with Gasteiger partial charge in [0.05, 0.1) is 5.56 Å². The number of nitrogens with zero attached hydrogens (tertiary/aromatic N) is 1. The standard InChI is InChI=1S/C13H8NO2/c15-12-4-5-13(16)11-8-14-6-2-1-3-9(14)7-10(11)12/h1-8H/q+1. The topological polar surface area (TPSA) is 38.2 Å². The molecule has 0 radical (unpaired) electrons. The van der Waals surface area contributed by atoms with Crippen molar-refractivity contribution in [2.24, 2.45) is 0 Å². The smallest absolute Gasteiger partial charge is 0.211 e. The van der Waals surface area contributed by atoms with E-state index >= 15 is 0 Å². The normalized spacial score (nSPS) is 14.2. The summed E-state index contributed by atoms with van der Waals surface area (Å²) in [5.41, 5.74) is 1.85. The average Bonchev–Trinajstić information content (AvgIpc) is 2.32. The van der Waals surface area contributed by atoms with Crippen molar-refractivity contribution in [2.75, 3.05) is 0 Å². The number of hydrogen-bond acceptors (Lipinski definition) is 2. The minimum Gasteiger partial charge on any atom is -0.289 e. The summed E-state index contributed by atoms with van der Waals surface area (Å²) in [4.78, 5) is 23.2. The molecule has 0 bridgehead atoms. The van der Waals surface area contributed by atoms with Gasteiger partial charge in [-0.3, -0.25) is 9.59 Å². The maximum Gasteiger partial charge on any atom is 0.211 e. The Hall–Kier alpha value is -2.29. The molecule has 3 nitrogen and oxygen atoms in total. The van der Waals surface area contributed by atoms with Gasteiger partial charge in [-0.1, -0.05) is 0 Å². The van der Waals surface area contributed by atoms with Crippen LogP contribution in [0.25, 0.3) is 5.52 Å². The third kappa shape index (κ3) is 1.18. The summed E-state index contributed by atoms with van der Waals surface area (Å²) in [7, 11) is 0. The van der Waals surface area contributed by atoms with Gasteiger partial charge in [0.1, 0.15) is 0 Å². The molecule has 2 aromatic rings. The predicted molar refractivity (Wildman–Crippen MR) is 57.4 cm³/mol. The van der Waals surface area contributed by atoms with Crippen LogP contribution in [0.5, 0.6) is 0 Å². The van der Waals surface area contributed by atoms with E-state index in [0.29, 0.717) is 11.1 Å². The zero-order valence-electron chi connectivity index (χ0n) is 8.38. The van der Waals surface area contributed by atoms with Gasteiger partial charge in [-0.05, 0) is 18.2 Å². The summed E-state index contributed by atoms with van der Waals surface area (Å²) in [6.45, 7) is 0. The summed E-state index contributed by atoms with van der Waals surface area (Å²) in [6.07, 6.45) is 6.20. The van der Waals surface area contributed by atoms with Crippen LogP contribution in [0, 0.1) is 0 Å². The molecule has 0 atom stereocenters. The van der Waals surface area contributed by atoms with E-state index in [9.17, 15) is 9.59 Å². The number of carbonyl (C=O) groups excluding carboxylic acids is 2. The second-order valence-electron chi connectivity index (χ2n) is 3.70. The molecule has 0 unspecified atom stereocenters. The molecular formula is C13H8NO2+. The molecule has 0 saturated heterocycles. The Morgan fingerprint density at radius 3 is 2.50 bits per heavy atom. The number of carbonyl (C=O) groups is 2. The van der Waals surface area contributed by atoms with Gasteiger partial charge in [0.15, 0.2) is 24.0 Å². The molecule has 3 heteroatoms. The summed E-state index contributed by atoms with van der Waals surface area (Å²) in [5, 5.41) is 0. The number of fused-ring (bicyclic) bond motifs is 2. The Kier molecular flexibility index (Phi) is 1.74. The van der Waals surface area contributed by atoms with Gasteiger partial charge < -0.3 is 0 Å². The van der Waals surface area contributed by atoms with Crippen LogP contribution >= 0.6 is 0 Å². The molecule has 0 amide bonds. The lowest BCUT2D eigenvalue weighted by Gasteiger charge is -2.06. The van der Waals surface area contributed by atoms with E-state index in [0.717, 1.165) is 5.52 Å². The van der Waals surface area contributed by atoms with Crippen molar-refractivity contribution in [3.63, 3.8) is 0 Å². The van der Waals surface area contributed by atoms with E-state index in [-0.39, 0.29) is 11.6 Å². The summed E-state index contributed by atoms with van der Waals surface area (Å²) in [5.74, 6) is -0.228. The molecule has 0 saturated carbocycles. The second-order valence-corrected chi connectivity index (χ2v) is 3.70. The molecule has 3 rings (SSSR count). The first kappa shape index (κ1) is 8.97. The number of hydrogen-bond donors (Lipinski definition) is 0. The van der Waals surface area contributed by atoms with E-state index in [2.05, 4.69) is 0 Å². The van der Waals surface area contributed by atoms with Crippen molar-refractivity contribution < 1.29 is 14.0 Å². The average molecular weight is 210 g/mol. The summed E-state index contributed by atoms with van der Waals surface area (Å²) < 4.78 is 1.84. The second kappa shape index (κ2) is 3.10. The van der Waals surface area contributed by atoms with Crippen LogP contribution in [0.3, 0.4) is 0 Å². The van der Waals surface area contributed by atoms with E-state index in [4.69, 9.17) is 0 Å². The van der Waals surface area contributed by atoms with E-state index < -0.39 is 0 Å². The molecule has 0 aliphatic heterocycles. The van der Waals surface area contributed by atoms with E-state index in [1.54, 1.807) is 12.3 Å². The van der Waals surface area contributed by atoms with Gasteiger partial charge in [-0.2, -0.15) is 4.40 Å². The minimum atomic E-state index is -0.118. The largest absolute Gasteiger partial charge is 0.289 e. The van der Waals surface area contributed by atoms with Crippen LogP contribution in [0.2, 0.25) is 0 Å². The molecular weight excluding hydrogens is 202 g/mol. The fraction of sp³-hybridized carbons (Fsp3) is 0. The van der Waals surface area contributed by atoms with Gasteiger partial charge in [-0.15, -0.1) is 0 Å². The van der Waals surface area contributed by atoms with E-state index in [1.807, 2.05) is 28.8 Å². The molecule has 0 spiro atoms. The maximum absolute atomic E-state index is 11.6. The lowest BCUT2D eigenvalue weighted by molar-refractivity contribution is -0.512. The van der Waals surface area contributed by atoms with Crippen LogP contribution in [0.15, 0.2) is 48.8 Å². The highest BCUT2D eigenvalue weighted by atomic mass is 16.1. The number of allylic oxidation sites excluding steroid dienone is 2. The van der Waals surface area contributed by atoms with Crippen molar-refractivity contribution in [1.82, 2.24) is 0 Å². The van der Waals surface area contributed by atoms with Gasteiger partial charge >= 0.3 is 0 Å². The molecule has 2 heterocycles. The van der Waals surface area contributed by atoms with Crippen molar-refractivity contribution in [1.29, 1.82) is 0 Å². The molecule has 2 aromatic heterocycles. The highest BCUT2D eigenvalue weighted by molar-refractivity contribution is 6.22. The Morgan fingerprint density at radius 1 is 0.938 bits per heavy atom. The zero-order valence-corrected chi connectivity index (χ0v) is 8.38. The summed E-state index contributed by atoms with van der Waals surface area (Å²) >= 11 is 0. The summed E-state index contributed by atoms with van der Waals surface area (Å²) in [6, 6.07) is 7.42. The molecule has 16 heavy (non-hydrogen) atoms. The first-order valence-corrected chi connectivity index (χ1v) is 4.96. The Bertz CT molecular complexity index is 600. The highest BCUT2D eigenvalue weighted by Gasteiger charge is 2.22. The van der Waals surface area contributed by atoms with Crippen LogP contribution in [-0.2, 0) is 0 Å². The highest BCUT2D eigenvalue weighted by Crippen LogP contribution is 2.16. The van der Waals surface area contributed by atoms with Crippen molar-refractivity contribution in [3.05, 3.63) is 59.9 Å². The predicted octanol–water partition coefficient (Wildman–Crippen LogP) is 1.36. The van der Waals surface area contributed by atoms with Crippen LogP contribution in [0.1, 0.15) is 20.7 Å². The van der Waals surface area contributed by atoms with Crippen LogP contribution in [-0.4, -0.2) is 11.6 Å². The Balaban J connectivity index is 2.40. The zero-order chi connectivity index (χ0) is 11.1. The van der Waals surface area contributed by atoms with Gasteiger partial charge in [0, 0.05) is 23.8 Å². The number of ketones is 2. The Labute approximate surface area is 91.6 Å². The van der Waals surface area contributed by atoms with Crippen molar-refractivity contribution >= 4 is 17.1 Å². The van der Waals surface area contributed by atoms with E-state index in [1.165, 1.54) is 12.2 Å². The number of pyridine rings is 2. The minimum absolute atomic E-state index is 0.110. The molecule has 0 aromatic carbocycles. The molecule has 76 valence electrons. The van der Waals surface area contributed by atoms with Gasteiger partial charge in [0.2, 0.25) is 5.52 Å². The molecule has 0 fully saturated rings. The fourth-order valence-corrected chi connectivity index (χ4v) is 1.87. The van der Waals surface area contributed by atoms with Crippen molar-refractivity contribution in [3.8, 4) is 0 Å². The van der Waals surface area contributed by atoms with Crippen molar-refractivity contribution in [2.45, 2.75) is 0 Å². The number of rotatable bonds is 0.